The van der Waals surface area contributed by atoms with Crippen molar-refractivity contribution in [2.45, 2.75) is 58.0 Å². The average molecular weight is 649 g/mol. The molecule has 0 bridgehead atoms. The Morgan fingerprint density at radius 1 is 1.10 bits per heavy atom. The molecule has 0 saturated carbocycles. The number of benzene rings is 1. The molecule has 3 aromatic heterocycles. The molecule has 0 radical (unpaired) electrons. The molecular weight excluding hydrogens is 604 g/mol. The Morgan fingerprint density at radius 3 is 2.69 bits per heavy atom. The Morgan fingerprint density at radius 2 is 1.98 bits per heavy atom. The molecule has 4 aromatic rings. The van der Waals surface area contributed by atoms with Crippen molar-refractivity contribution in [1.82, 2.24) is 30.0 Å². The smallest absolute Gasteiger partial charge is 0.323 e. The number of pyridine rings is 1. The van der Waals surface area contributed by atoms with Gasteiger partial charge in [-0.15, -0.1) is 0 Å². The van der Waals surface area contributed by atoms with Crippen molar-refractivity contribution in [3.63, 3.8) is 0 Å². The van der Waals surface area contributed by atoms with Gasteiger partial charge >= 0.3 is 6.03 Å². The monoisotopic (exact) mass is 648 g/mol. The fraction of sp³-hybridized carbons (Fsp3) is 0.444. The Labute approximate surface area is 282 Å². The molecule has 2 saturated heterocycles. The predicted octanol–water partition coefficient (Wildman–Crippen LogP) is 5.54. The number of hydrogen-bond acceptors (Lipinski definition) is 9. The SMILES string of the molecule is CCC[C@@H](CCCNc1ncc(C#N)c(N2CCC3(CCOC3)C2)n1)N(C(=O)NCc1ccccc1)c1ccc(-c2cnn(C)c2)cn1. The zero-order chi connectivity index (χ0) is 33.3. The summed E-state index contributed by atoms with van der Waals surface area (Å²) in [5.74, 6) is 1.80. The van der Waals surface area contributed by atoms with E-state index >= 15 is 0 Å². The fourth-order valence-electron chi connectivity index (χ4n) is 6.72. The molecule has 0 aliphatic carbocycles. The first-order chi connectivity index (χ1) is 23.5. The molecule has 250 valence electrons. The van der Waals surface area contributed by atoms with Crippen LogP contribution in [0.2, 0.25) is 0 Å². The van der Waals surface area contributed by atoms with Crippen molar-refractivity contribution in [3.05, 3.63) is 78.4 Å². The number of nitriles is 1. The summed E-state index contributed by atoms with van der Waals surface area (Å²) >= 11 is 0. The highest BCUT2D eigenvalue weighted by Crippen LogP contribution is 2.40. The summed E-state index contributed by atoms with van der Waals surface area (Å²) in [7, 11) is 1.88. The van der Waals surface area contributed by atoms with E-state index in [0.717, 1.165) is 81.5 Å². The van der Waals surface area contributed by atoms with E-state index in [1.807, 2.05) is 60.6 Å². The maximum atomic E-state index is 13.8. The summed E-state index contributed by atoms with van der Waals surface area (Å²) in [6.07, 6.45) is 12.5. The van der Waals surface area contributed by atoms with E-state index < -0.39 is 0 Å². The first-order valence-electron chi connectivity index (χ1n) is 16.9. The van der Waals surface area contributed by atoms with Gasteiger partial charge in [0.2, 0.25) is 5.95 Å². The van der Waals surface area contributed by atoms with Crippen LogP contribution in [0.4, 0.5) is 22.4 Å². The second-order valence-electron chi connectivity index (χ2n) is 12.9. The van der Waals surface area contributed by atoms with E-state index in [0.29, 0.717) is 36.2 Å². The van der Waals surface area contributed by atoms with Crippen LogP contribution in [0.5, 0.6) is 0 Å². The number of ether oxygens (including phenoxy) is 1. The number of nitrogens with one attached hydrogen (secondary N) is 2. The van der Waals surface area contributed by atoms with Gasteiger partial charge in [-0.1, -0.05) is 43.7 Å². The molecule has 5 heterocycles. The van der Waals surface area contributed by atoms with E-state index in [2.05, 4.69) is 38.6 Å². The van der Waals surface area contributed by atoms with Crippen LogP contribution in [0.1, 0.15) is 56.6 Å². The highest BCUT2D eigenvalue weighted by atomic mass is 16.5. The number of carbonyl (C=O) groups is 1. The van der Waals surface area contributed by atoms with E-state index in [1.54, 1.807) is 23.3 Å². The number of urea groups is 1. The molecule has 2 N–H and O–H groups in total. The highest BCUT2D eigenvalue weighted by Gasteiger charge is 2.42. The zero-order valence-electron chi connectivity index (χ0n) is 27.8. The Kier molecular flexibility index (Phi) is 10.5. The predicted molar refractivity (Wildman–Crippen MR) is 185 cm³/mol. The van der Waals surface area contributed by atoms with Gasteiger partial charge < -0.3 is 20.3 Å². The van der Waals surface area contributed by atoms with Crippen LogP contribution < -0.4 is 20.4 Å². The fourth-order valence-corrected chi connectivity index (χ4v) is 6.72. The van der Waals surface area contributed by atoms with E-state index in [1.165, 1.54) is 0 Å². The van der Waals surface area contributed by atoms with Crippen molar-refractivity contribution in [1.29, 1.82) is 5.26 Å². The molecule has 1 aromatic carbocycles. The Hall–Kier alpha value is -5.02. The van der Waals surface area contributed by atoms with Crippen molar-refractivity contribution in [2.24, 2.45) is 12.5 Å². The Balaban J connectivity index is 1.14. The van der Waals surface area contributed by atoms with E-state index in [4.69, 9.17) is 14.7 Å². The second-order valence-corrected chi connectivity index (χ2v) is 12.9. The highest BCUT2D eigenvalue weighted by molar-refractivity contribution is 5.91. The minimum absolute atomic E-state index is 0.0730. The molecule has 48 heavy (non-hydrogen) atoms. The second kappa shape index (κ2) is 15.3. The molecule has 2 fully saturated rings. The number of nitrogens with zero attached hydrogens (tertiary/aromatic N) is 8. The molecule has 2 aliphatic rings. The number of hydrogen-bond donors (Lipinski definition) is 2. The van der Waals surface area contributed by atoms with Crippen molar-refractivity contribution < 1.29 is 9.53 Å². The number of rotatable bonds is 13. The molecule has 6 rings (SSSR count). The first kappa shape index (κ1) is 32.9. The molecule has 2 atom stereocenters. The average Bonchev–Trinajstić information content (AvgIpc) is 3.88. The maximum Gasteiger partial charge on any atom is 0.323 e. The van der Waals surface area contributed by atoms with E-state index in [9.17, 15) is 10.1 Å². The first-order valence-corrected chi connectivity index (χ1v) is 16.9. The van der Waals surface area contributed by atoms with Crippen molar-refractivity contribution >= 4 is 23.6 Å². The zero-order valence-corrected chi connectivity index (χ0v) is 27.8. The van der Waals surface area contributed by atoms with Gasteiger partial charge in [0, 0.05) is 74.8 Å². The summed E-state index contributed by atoms with van der Waals surface area (Å²) in [4.78, 5) is 31.8. The number of carbonyl (C=O) groups excluding carboxylic acids is 1. The van der Waals surface area contributed by atoms with Gasteiger partial charge in [0.05, 0.1) is 19.0 Å². The molecule has 1 unspecified atom stereocenters. The summed E-state index contributed by atoms with van der Waals surface area (Å²) in [6, 6.07) is 15.8. The molecule has 12 heteroatoms. The Bertz CT molecular complexity index is 1700. The topological polar surface area (TPSA) is 137 Å². The van der Waals surface area contributed by atoms with Gasteiger partial charge in [-0.25, -0.2) is 14.8 Å². The van der Waals surface area contributed by atoms with Crippen LogP contribution >= 0.6 is 0 Å². The van der Waals surface area contributed by atoms with Crippen LogP contribution in [0.15, 0.2) is 67.3 Å². The number of anilines is 3. The van der Waals surface area contributed by atoms with Gasteiger partial charge in [0.25, 0.3) is 0 Å². The van der Waals surface area contributed by atoms with E-state index in [-0.39, 0.29) is 17.5 Å². The number of aryl methyl sites for hydroxylation is 1. The summed E-state index contributed by atoms with van der Waals surface area (Å²) in [5.41, 5.74) is 3.59. The third kappa shape index (κ3) is 7.74. The van der Waals surface area contributed by atoms with Crippen LogP contribution in [0.25, 0.3) is 11.1 Å². The van der Waals surface area contributed by atoms with Gasteiger partial charge in [0.1, 0.15) is 17.5 Å². The summed E-state index contributed by atoms with van der Waals surface area (Å²) < 4.78 is 7.45. The standard InChI is InChI=1S/C36H44N10O2/c1-3-8-31(11-7-16-38-34-40-22-29(19-37)33(43-34)45-17-14-36(25-45)15-18-48-26-36)46(35(47)41-20-27-9-5-4-6-10-27)32-13-12-28(21-39-32)30-23-42-44(2)24-30/h4-6,9-10,12-13,21-24,31H,3,7-8,11,14-18,20,25-26H2,1-2H3,(H,41,47)(H,38,40,43)/t31-,36?/m0/s1. The minimum Gasteiger partial charge on any atom is -0.381 e. The normalized spacial score (nSPS) is 17.7. The molecule has 1 spiro atoms. The quantitative estimate of drug-likeness (QED) is 0.179. The largest absolute Gasteiger partial charge is 0.381 e. The van der Waals surface area contributed by atoms with Gasteiger partial charge in [-0.05, 0) is 49.8 Å². The van der Waals surface area contributed by atoms with Gasteiger partial charge in [-0.2, -0.15) is 15.3 Å². The third-order valence-corrected chi connectivity index (χ3v) is 9.33. The number of aromatic nitrogens is 5. The van der Waals surface area contributed by atoms with Gasteiger partial charge in [0.15, 0.2) is 5.82 Å². The van der Waals surface area contributed by atoms with Crippen LogP contribution in [-0.2, 0) is 18.3 Å². The third-order valence-electron chi connectivity index (χ3n) is 9.33. The van der Waals surface area contributed by atoms with Crippen molar-refractivity contribution in [2.75, 3.05) is 48.0 Å². The lowest BCUT2D eigenvalue weighted by molar-refractivity contribution is 0.160. The van der Waals surface area contributed by atoms with Crippen molar-refractivity contribution in [3.8, 4) is 17.2 Å². The van der Waals surface area contributed by atoms with Crippen LogP contribution in [-0.4, -0.2) is 69.7 Å². The summed E-state index contributed by atoms with van der Waals surface area (Å²) in [5, 5.41) is 20.5. The molecule has 12 nitrogen and oxygen atoms in total. The summed E-state index contributed by atoms with van der Waals surface area (Å²) in [6.45, 7) is 6.45. The molecular formula is C36H44N10O2. The molecule has 2 amide bonds. The lowest BCUT2D eigenvalue weighted by atomic mass is 9.87. The van der Waals surface area contributed by atoms with Crippen LogP contribution in [0.3, 0.4) is 0 Å². The minimum atomic E-state index is -0.178. The molecule has 2 aliphatic heterocycles. The van der Waals surface area contributed by atoms with Crippen LogP contribution in [0, 0.1) is 16.7 Å². The number of amides is 2. The van der Waals surface area contributed by atoms with Gasteiger partial charge in [-0.3, -0.25) is 9.58 Å². The lowest BCUT2D eigenvalue weighted by Gasteiger charge is -2.31. The lowest BCUT2D eigenvalue weighted by Crippen LogP contribution is -2.47. The maximum absolute atomic E-state index is 13.8.